The van der Waals surface area contributed by atoms with E-state index in [1.54, 1.807) is 25.1 Å². The Hall–Kier alpha value is -1.71. The molecule has 0 atom stereocenters. The molecule has 0 amide bonds. The molecule has 0 aromatic heterocycles. The summed E-state index contributed by atoms with van der Waals surface area (Å²) in [7, 11) is 0. The lowest BCUT2D eigenvalue weighted by Gasteiger charge is -2.13. The lowest BCUT2D eigenvalue weighted by molar-refractivity contribution is 0.303. The van der Waals surface area contributed by atoms with Gasteiger partial charge in [0.15, 0.2) is 0 Å². The molecule has 21 heavy (non-hydrogen) atoms. The summed E-state index contributed by atoms with van der Waals surface area (Å²) in [6, 6.07) is 11.0. The second-order valence-electron chi connectivity index (χ2n) is 4.67. The van der Waals surface area contributed by atoms with Gasteiger partial charge in [-0.25, -0.2) is 0 Å². The third kappa shape index (κ3) is 3.69. The number of hydrogen-bond donors (Lipinski definition) is 1. The highest BCUT2D eigenvalue weighted by Crippen LogP contribution is 2.27. The molecule has 0 heterocycles. The van der Waals surface area contributed by atoms with E-state index in [2.05, 4.69) is 5.16 Å². The molecule has 0 saturated carbocycles. The van der Waals surface area contributed by atoms with Crippen molar-refractivity contribution in [1.29, 1.82) is 0 Å². The Morgan fingerprint density at radius 2 is 1.86 bits per heavy atom. The minimum Gasteiger partial charge on any atom is -0.488 e. The molecule has 0 aliphatic carbocycles. The first kappa shape index (κ1) is 15.7. The van der Waals surface area contributed by atoms with Crippen LogP contribution in [0, 0.1) is 6.92 Å². The number of nitrogens with zero attached hydrogens (tertiary/aromatic N) is 1. The molecule has 0 radical (unpaired) electrons. The first-order valence-electron chi connectivity index (χ1n) is 6.38. The molecule has 0 aliphatic rings. The van der Waals surface area contributed by atoms with E-state index >= 15 is 0 Å². The summed E-state index contributed by atoms with van der Waals surface area (Å²) in [6.45, 7) is 3.92. The second-order valence-corrected chi connectivity index (χ2v) is 5.49. The van der Waals surface area contributed by atoms with Crippen LogP contribution in [0.2, 0.25) is 10.0 Å². The van der Waals surface area contributed by atoms with Gasteiger partial charge in [0.05, 0.1) is 5.71 Å². The average Bonchev–Trinajstić information content (AvgIpc) is 2.47. The van der Waals surface area contributed by atoms with Crippen LogP contribution in [0.25, 0.3) is 0 Å². The number of rotatable bonds is 4. The van der Waals surface area contributed by atoms with Crippen molar-refractivity contribution in [3.63, 3.8) is 0 Å². The molecule has 2 aromatic carbocycles. The molecule has 3 nitrogen and oxygen atoms in total. The fraction of sp³-hybridized carbons (Fsp3) is 0.188. The number of oxime groups is 1. The number of hydrogen-bond acceptors (Lipinski definition) is 3. The quantitative estimate of drug-likeness (QED) is 0.484. The van der Waals surface area contributed by atoms with Gasteiger partial charge in [-0.1, -0.05) is 46.1 Å². The van der Waals surface area contributed by atoms with E-state index in [0.717, 1.165) is 16.7 Å². The predicted octanol–water partition coefficient (Wildman–Crippen LogP) is 5.08. The van der Waals surface area contributed by atoms with Gasteiger partial charge in [0.1, 0.15) is 12.4 Å². The Labute approximate surface area is 133 Å². The Kier molecular flexibility index (Phi) is 5.10. The molecule has 0 bridgehead atoms. The van der Waals surface area contributed by atoms with Crippen LogP contribution in [-0.2, 0) is 6.61 Å². The third-order valence-corrected chi connectivity index (χ3v) is 3.82. The topological polar surface area (TPSA) is 41.8 Å². The van der Waals surface area contributed by atoms with Crippen LogP contribution < -0.4 is 4.74 Å². The van der Waals surface area contributed by atoms with Crippen molar-refractivity contribution >= 4 is 28.9 Å². The summed E-state index contributed by atoms with van der Waals surface area (Å²) in [5.74, 6) is 0.617. The summed E-state index contributed by atoms with van der Waals surface area (Å²) in [4.78, 5) is 0. The number of ether oxygens (including phenoxy) is 1. The van der Waals surface area contributed by atoms with Gasteiger partial charge in [-0.15, -0.1) is 0 Å². The lowest BCUT2D eigenvalue weighted by Crippen LogP contribution is -2.04. The van der Waals surface area contributed by atoms with E-state index in [1.807, 2.05) is 25.1 Å². The van der Waals surface area contributed by atoms with Gasteiger partial charge in [0.25, 0.3) is 0 Å². The van der Waals surface area contributed by atoms with E-state index in [9.17, 15) is 0 Å². The van der Waals surface area contributed by atoms with Crippen molar-refractivity contribution in [2.75, 3.05) is 0 Å². The number of halogens is 2. The van der Waals surface area contributed by atoms with E-state index in [4.69, 9.17) is 33.1 Å². The Morgan fingerprint density at radius 3 is 2.48 bits per heavy atom. The zero-order valence-corrected chi connectivity index (χ0v) is 13.2. The maximum Gasteiger partial charge on any atom is 0.129 e. The van der Waals surface area contributed by atoms with Crippen LogP contribution in [0.3, 0.4) is 0 Å². The van der Waals surface area contributed by atoms with Gasteiger partial charge >= 0.3 is 0 Å². The van der Waals surface area contributed by atoms with Crippen LogP contribution >= 0.6 is 23.2 Å². The standard InChI is InChI=1S/C16H15Cl2NO2/c1-10-6-7-16(12(8-10)11(2)19-20)21-9-13-14(17)4-3-5-15(13)18/h3-8,20H,9H2,1-2H3/b19-11+. The van der Waals surface area contributed by atoms with Crippen LogP contribution in [0.4, 0.5) is 0 Å². The zero-order valence-electron chi connectivity index (χ0n) is 11.7. The Bertz CT molecular complexity index is 664. The van der Waals surface area contributed by atoms with Crippen molar-refractivity contribution < 1.29 is 9.94 Å². The summed E-state index contributed by atoms with van der Waals surface area (Å²) in [6.07, 6.45) is 0. The molecule has 110 valence electrons. The lowest BCUT2D eigenvalue weighted by atomic mass is 10.1. The highest BCUT2D eigenvalue weighted by atomic mass is 35.5. The van der Waals surface area contributed by atoms with Gasteiger partial charge in [0, 0.05) is 21.2 Å². The molecule has 5 heteroatoms. The molecule has 2 aromatic rings. The molecule has 0 unspecified atom stereocenters. The molecular weight excluding hydrogens is 309 g/mol. The van der Waals surface area contributed by atoms with Gasteiger partial charge < -0.3 is 9.94 Å². The highest BCUT2D eigenvalue weighted by Gasteiger charge is 2.11. The van der Waals surface area contributed by atoms with Crippen molar-refractivity contribution in [3.05, 3.63) is 63.1 Å². The normalized spacial score (nSPS) is 11.5. The fourth-order valence-electron chi connectivity index (χ4n) is 1.93. The van der Waals surface area contributed by atoms with E-state index < -0.39 is 0 Å². The summed E-state index contributed by atoms with van der Waals surface area (Å²) in [5.41, 5.74) is 3.00. The second kappa shape index (κ2) is 6.83. The van der Waals surface area contributed by atoms with E-state index in [0.29, 0.717) is 21.5 Å². The van der Waals surface area contributed by atoms with Crippen molar-refractivity contribution in [3.8, 4) is 5.75 Å². The predicted molar refractivity (Wildman–Crippen MR) is 86.0 cm³/mol. The molecule has 2 rings (SSSR count). The first-order valence-corrected chi connectivity index (χ1v) is 7.14. The fourth-order valence-corrected chi connectivity index (χ4v) is 2.43. The van der Waals surface area contributed by atoms with Crippen LogP contribution in [0.1, 0.15) is 23.6 Å². The van der Waals surface area contributed by atoms with Gasteiger partial charge in [-0.3, -0.25) is 0 Å². The summed E-state index contributed by atoms with van der Waals surface area (Å²) < 4.78 is 5.80. The monoisotopic (exact) mass is 323 g/mol. The summed E-state index contributed by atoms with van der Waals surface area (Å²) >= 11 is 12.2. The number of aryl methyl sites for hydroxylation is 1. The Morgan fingerprint density at radius 1 is 1.19 bits per heavy atom. The Balaban J connectivity index is 2.28. The molecular formula is C16H15Cl2NO2. The average molecular weight is 324 g/mol. The van der Waals surface area contributed by atoms with Crippen LogP contribution in [0.15, 0.2) is 41.6 Å². The van der Waals surface area contributed by atoms with Crippen LogP contribution in [-0.4, -0.2) is 10.9 Å². The van der Waals surface area contributed by atoms with Crippen molar-refractivity contribution in [2.24, 2.45) is 5.16 Å². The van der Waals surface area contributed by atoms with Crippen molar-refractivity contribution in [1.82, 2.24) is 0 Å². The molecule has 0 aliphatic heterocycles. The number of benzene rings is 2. The first-order chi connectivity index (χ1) is 10.0. The van der Waals surface area contributed by atoms with Crippen molar-refractivity contribution in [2.45, 2.75) is 20.5 Å². The molecule has 1 N–H and O–H groups in total. The van der Waals surface area contributed by atoms with E-state index in [-0.39, 0.29) is 6.61 Å². The van der Waals surface area contributed by atoms with Gasteiger partial charge in [-0.2, -0.15) is 0 Å². The maximum atomic E-state index is 8.97. The minimum atomic E-state index is 0.243. The van der Waals surface area contributed by atoms with E-state index in [1.165, 1.54) is 0 Å². The minimum absolute atomic E-state index is 0.243. The maximum absolute atomic E-state index is 8.97. The highest BCUT2D eigenvalue weighted by molar-refractivity contribution is 6.35. The van der Waals surface area contributed by atoms with Gasteiger partial charge in [0.2, 0.25) is 0 Å². The SMILES string of the molecule is C/C(=N\O)c1cc(C)ccc1OCc1c(Cl)cccc1Cl. The molecule has 0 fully saturated rings. The molecule has 0 saturated heterocycles. The third-order valence-electron chi connectivity index (χ3n) is 3.11. The zero-order chi connectivity index (χ0) is 15.4. The molecule has 0 spiro atoms. The van der Waals surface area contributed by atoms with Crippen LogP contribution in [0.5, 0.6) is 5.75 Å². The van der Waals surface area contributed by atoms with Gasteiger partial charge in [-0.05, 0) is 38.1 Å². The largest absolute Gasteiger partial charge is 0.488 e. The summed E-state index contributed by atoms with van der Waals surface area (Å²) in [5, 5.41) is 13.3. The smallest absolute Gasteiger partial charge is 0.129 e.